The van der Waals surface area contributed by atoms with Gasteiger partial charge >= 0.3 is 0 Å². The minimum absolute atomic E-state index is 0.186. The molecule has 0 bridgehead atoms. The Kier molecular flexibility index (Phi) is 11.6. The molecule has 0 aliphatic rings. The Hall–Kier alpha value is -2.08. The Labute approximate surface area is 194 Å². The Morgan fingerprint density at radius 1 is 0.688 bits per heavy atom. The molecule has 0 radical (unpaired) electrons. The van der Waals surface area contributed by atoms with Crippen molar-refractivity contribution in [3.05, 3.63) is 59.7 Å². The predicted octanol–water partition coefficient (Wildman–Crippen LogP) is 2.13. The fraction of sp³-hybridized carbons (Fsp3) is 0.364. The zero-order valence-corrected chi connectivity index (χ0v) is 19.1. The van der Waals surface area contributed by atoms with E-state index in [9.17, 15) is 9.59 Å². The second-order valence-corrected chi connectivity index (χ2v) is 9.13. The van der Waals surface area contributed by atoms with Crippen molar-refractivity contribution in [1.82, 2.24) is 10.6 Å². The fourth-order valence-electron chi connectivity index (χ4n) is 2.71. The van der Waals surface area contributed by atoms with Crippen LogP contribution in [0.15, 0.2) is 58.3 Å². The molecule has 0 saturated carbocycles. The number of nitrogens with one attached hydrogen (secondary N) is 2. The van der Waals surface area contributed by atoms with Gasteiger partial charge in [-0.1, -0.05) is 45.9 Å². The van der Waals surface area contributed by atoms with Gasteiger partial charge < -0.3 is 31.1 Å². The van der Waals surface area contributed by atoms with Crippen LogP contribution in [0.25, 0.3) is 0 Å². The average molecular weight is 481 g/mol. The highest BCUT2D eigenvalue weighted by atomic mass is 33.1. The summed E-state index contributed by atoms with van der Waals surface area (Å²) in [4.78, 5) is 26.5. The van der Waals surface area contributed by atoms with E-state index in [0.29, 0.717) is 37.1 Å². The molecule has 0 unspecified atom stereocenters. The lowest BCUT2D eigenvalue weighted by Gasteiger charge is -2.12. The zero-order valence-electron chi connectivity index (χ0n) is 17.4. The molecule has 2 rings (SSSR count). The largest absolute Gasteiger partial charge is 0.368 e. The molecule has 32 heavy (non-hydrogen) atoms. The van der Waals surface area contributed by atoms with Gasteiger partial charge in [0, 0.05) is 22.9 Å². The Bertz CT molecular complexity index is 808. The van der Waals surface area contributed by atoms with Gasteiger partial charge in [-0.15, -0.1) is 0 Å². The Morgan fingerprint density at radius 3 is 1.44 bits per heavy atom. The van der Waals surface area contributed by atoms with Crippen molar-refractivity contribution in [2.75, 3.05) is 13.1 Å². The maximum atomic E-state index is 12.5. The van der Waals surface area contributed by atoms with Gasteiger partial charge in [0.25, 0.3) is 11.8 Å². The second kappa shape index (κ2) is 14.1. The van der Waals surface area contributed by atoms with E-state index in [0.717, 1.165) is 9.79 Å². The predicted molar refractivity (Wildman–Crippen MR) is 124 cm³/mol. The van der Waals surface area contributed by atoms with E-state index < -0.39 is 12.6 Å². The van der Waals surface area contributed by atoms with Gasteiger partial charge in [-0.3, -0.25) is 9.59 Å². The van der Waals surface area contributed by atoms with Gasteiger partial charge in [-0.2, -0.15) is 0 Å². The maximum absolute atomic E-state index is 12.5. The SMILES string of the molecule is O=C(NCCCC(O)O)c1ccccc1SSc1ccccc1C(=O)NCCCC(O)O. The summed E-state index contributed by atoms with van der Waals surface area (Å²) in [5.74, 6) is -0.503. The molecule has 8 nitrogen and oxygen atoms in total. The third kappa shape index (κ3) is 9.19. The molecule has 0 fully saturated rings. The highest BCUT2D eigenvalue weighted by molar-refractivity contribution is 8.76. The van der Waals surface area contributed by atoms with Crippen LogP contribution in [0.1, 0.15) is 46.4 Å². The number of aliphatic hydroxyl groups is 4. The third-order valence-electron chi connectivity index (χ3n) is 4.33. The van der Waals surface area contributed by atoms with Crippen molar-refractivity contribution in [3.8, 4) is 0 Å². The van der Waals surface area contributed by atoms with Gasteiger partial charge in [0.15, 0.2) is 12.6 Å². The number of carbonyl (C=O) groups is 2. The van der Waals surface area contributed by atoms with E-state index in [2.05, 4.69) is 10.6 Å². The first-order valence-corrected chi connectivity index (χ1v) is 12.3. The minimum atomic E-state index is -1.38. The van der Waals surface area contributed by atoms with Crippen molar-refractivity contribution in [2.24, 2.45) is 0 Å². The van der Waals surface area contributed by atoms with Gasteiger partial charge in [0.1, 0.15) is 0 Å². The molecule has 0 saturated heterocycles. The van der Waals surface area contributed by atoms with Crippen LogP contribution in [-0.4, -0.2) is 57.9 Å². The van der Waals surface area contributed by atoms with E-state index in [1.54, 1.807) is 24.3 Å². The number of hydrogen-bond acceptors (Lipinski definition) is 8. The summed E-state index contributed by atoms with van der Waals surface area (Å²) in [6, 6.07) is 14.3. The second-order valence-electron chi connectivity index (χ2n) is 6.92. The first-order chi connectivity index (χ1) is 15.4. The molecule has 0 aliphatic carbocycles. The summed E-state index contributed by atoms with van der Waals surface area (Å²) >= 11 is 0. The number of rotatable bonds is 13. The van der Waals surface area contributed by atoms with E-state index in [-0.39, 0.29) is 24.7 Å². The van der Waals surface area contributed by atoms with E-state index >= 15 is 0 Å². The van der Waals surface area contributed by atoms with Crippen LogP contribution in [0, 0.1) is 0 Å². The summed E-state index contributed by atoms with van der Waals surface area (Å²) in [7, 11) is 2.73. The lowest BCUT2D eigenvalue weighted by atomic mass is 10.2. The highest BCUT2D eigenvalue weighted by Crippen LogP contribution is 2.40. The molecule has 2 amide bonds. The molecular weight excluding hydrogens is 452 g/mol. The monoisotopic (exact) mass is 480 g/mol. The Balaban J connectivity index is 1.98. The average Bonchev–Trinajstić information content (AvgIpc) is 2.78. The number of aliphatic hydroxyl groups excluding tert-OH is 2. The molecule has 0 aliphatic heterocycles. The lowest BCUT2D eigenvalue weighted by Crippen LogP contribution is -2.26. The number of carbonyl (C=O) groups excluding carboxylic acids is 2. The molecule has 174 valence electrons. The summed E-state index contributed by atoms with van der Waals surface area (Å²) in [6.07, 6.45) is -1.49. The quantitative estimate of drug-likeness (QED) is 0.146. The fourth-order valence-corrected chi connectivity index (χ4v) is 5.07. The molecule has 2 aromatic rings. The summed E-state index contributed by atoms with van der Waals surface area (Å²) < 4.78 is 0. The van der Waals surface area contributed by atoms with Crippen LogP contribution in [0.3, 0.4) is 0 Å². The van der Waals surface area contributed by atoms with E-state index in [1.165, 1.54) is 21.6 Å². The molecular formula is C22H28N2O6S2. The van der Waals surface area contributed by atoms with Gasteiger partial charge in [0.05, 0.1) is 11.1 Å². The summed E-state index contributed by atoms with van der Waals surface area (Å²) in [5, 5.41) is 41.1. The minimum Gasteiger partial charge on any atom is -0.368 e. The Morgan fingerprint density at radius 2 is 1.06 bits per heavy atom. The van der Waals surface area contributed by atoms with Crippen molar-refractivity contribution in [3.63, 3.8) is 0 Å². The molecule has 6 N–H and O–H groups in total. The number of amides is 2. The van der Waals surface area contributed by atoms with Gasteiger partial charge in [-0.05, 0) is 49.9 Å². The van der Waals surface area contributed by atoms with Crippen LogP contribution >= 0.6 is 21.6 Å². The molecule has 0 atom stereocenters. The van der Waals surface area contributed by atoms with Crippen LogP contribution < -0.4 is 10.6 Å². The molecule has 2 aromatic carbocycles. The van der Waals surface area contributed by atoms with Gasteiger partial charge in [0.2, 0.25) is 0 Å². The normalized spacial score (nSPS) is 11.1. The summed E-state index contributed by atoms with van der Waals surface area (Å²) in [5.41, 5.74) is 0.998. The van der Waals surface area contributed by atoms with E-state index in [4.69, 9.17) is 20.4 Å². The first kappa shape index (κ1) is 26.2. The van der Waals surface area contributed by atoms with Crippen molar-refractivity contribution < 1.29 is 30.0 Å². The topological polar surface area (TPSA) is 139 Å². The lowest BCUT2D eigenvalue weighted by molar-refractivity contribution is -0.0466. The van der Waals surface area contributed by atoms with Crippen LogP contribution in [0.2, 0.25) is 0 Å². The number of hydrogen-bond donors (Lipinski definition) is 6. The smallest absolute Gasteiger partial charge is 0.252 e. The first-order valence-electron chi connectivity index (χ1n) is 10.2. The third-order valence-corrected chi connectivity index (χ3v) is 6.82. The molecule has 0 aromatic heterocycles. The zero-order chi connectivity index (χ0) is 23.3. The summed E-state index contributed by atoms with van der Waals surface area (Å²) in [6.45, 7) is 0.665. The van der Waals surface area contributed by atoms with Crippen molar-refractivity contribution >= 4 is 33.4 Å². The van der Waals surface area contributed by atoms with Gasteiger partial charge in [-0.25, -0.2) is 0 Å². The van der Waals surface area contributed by atoms with Crippen molar-refractivity contribution in [1.29, 1.82) is 0 Å². The molecule has 0 heterocycles. The van der Waals surface area contributed by atoms with Crippen LogP contribution in [0.4, 0.5) is 0 Å². The number of benzene rings is 2. The van der Waals surface area contributed by atoms with Crippen LogP contribution in [0.5, 0.6) is 0 Å². The van der Waals surface area contributed by atoms with Crippen molar-refractivity contribution in [2.45, 2.75) is 48.1 Å². The standard InChI is InChI=1S/C22H28N2O6S2/c25-19(26)11-5-13-23-21(29)15-7-1-3-9-17(15)31-32-18-10-4-2-8-16(18)22(30)24-14-6-12-20(27)28/h1-4,7-10,19-20,25-28H,5-6,11-14H2,(H,23,29)(H,24,30). The molecule has 0 spiro atoms. The van der Waals surface area contributed by atoms with Crippen LogP contribution in [-0.2, 0) is 0 Å². The molecule has 10 heteroatoms. The van der Waals surface area contributed by atoms with E-state index in [1.807, 2.05) is 24.3 Å². The highest BCUT2D eigenvalue weighted by Gasteiger charge is 2.15. The maximum Gasteiger partial charge on any atom is 0.252 e.